The van der Waals surface area contributed by atoms with Crippen LogP contribution >= 0.6 is 11.6 Å². The molecule has 0 bridgehead atoms. The summed E-state index contributed by atoms with van der Waals surface area (Å²) >= 11 is 6.13. The van der Waals surface area contributed by atoms with Gasteiger partial charge in [0, 0.05) is 18.0 Å². The van der Waals surface area contributed by atoms with Crippen molar-refractivity contribution in [1.82, 2.24) is 9.55 Å². The number of hydrogen-bond donors (Lipinski definition) is 1. The van der Waals surface area contributed by atoms with Gasteiger partial charge in [0.1, 0.15) is 5.82 Å². The molecule has 0 saturated carbocycles. The Hall–Kier alpha value is -1.84. The third-order valence-corrected chi connectivity index (χ3v) is 3.99. The molecule has 3 rings (SSSR count). The number of aryl methyl sites for hydroxylation is 1. The molecular formula is C17H18ClN3. The molecule has 0 aliphatic heterocycles. The summed E-state index contributed by atoms with van der Waals surface area (Å²) in [5.74, 6) is 1.05. The van der Waals surface area contributed by atoms with Gasteiger partial charge < -0.3 is 10.3 Å². The van der Waals surface area contributed by atoms with Crippen molar-refractivity contribution in [3.05, 3.63) is 64.9 Å². The van der Waals surface area contributed by atoms with Crippen LogP contribution in [0.25, 0.3) is 11.0 Å². The SMILES string of the molecule is CCc1nc2ccccc2n1C(CN)c1cccc(Cl)c1. The van der Waals surface area contributed by atoms with Crippen LogP contribution in [0, 0.1) is 0 Å². The standard InChI is InChI=1S/C17H18ClN3/c1-2-17-20-14-8-3-4-9-15(14)21(17)16(11-19)12-6-5-7-13(18)10-12/h3-10,16H,2,11,19H2,1H3. The zero-order valence-electron chi connectivity index (χ0n) is 12.0. The van der Waals surface area contributed by atoms with Crippen molar-refractivity contribution >= 4 is 22.6 Å². The van der Waals surface area contributed by atoms with Gasteiger partial charge in [0.2, 0.25) is 0 Å². The molecule has 0 aliphatic carbocycles. The molecule has 21 heavy (non-hydrogen) atoms. The van der Waals surface area contributed by atoms with E-state index >= 15 is 0 Å². The van der Waals surface area contributed by atoms with Gasteiger partial charge in [0.25, 0.3) is 0 Å². The molecule has 0 spiro atoms. The van der Waals surface area contributed by atoms with E-state index in [9.17, 15) is 0 Å². The Kier molecular flexibility index (Phi) is 3.95. The van der Waals surface area contributed by atoms with E-state index in [2.05, 4.69) is 23.6 Å². The fourth-order valence-corrected chi connectivity index (χ4v) is 2.99. The predicted octanol–water partition coefficient (Wildman–Crippen LogP) is 3.80. The summed E-state index contributed by atoms with van der Waals surface area (Å²) in [5, 5.41) is 0.730. The first-order chi connectivity index (χ1) is 10.2. The van der Waals surface area contributed by atoms with Crippen LogP contribution in [0.5, 0.6) is 0 Å². The fraction of sp³-hybridized carbons (Fsp3) is 0.235. The molecule has 2 N–H and O–H groups in total. The third kappa shape index (κ3) is 2.55. The van der Waals surface area contributed by atoms with Gasteiger partial charge in [-0.25, -0.2) is 4.98 Å². The van der Waals surface area contributed by atoms with Crippen molar-refractivity contribution in [3.8, 4) is 0 Å². The quantitative estimate of drug-likeness (QED) is 0.796. The van der Waals surface area contributed by atoms with Crippen molar-refractivity contribution < 1.29 is 0 Å². The number of nitrogens with zero attached hydrogens (tertiary/aromatic N) is 2. The molecule has 1 heterocycles. The normalized spacial score (nSPS) is 12.7. The van der Waals surface area contributed by atoms with Gasteiger partial charge in [0.05, 0.1) is 17.1 Å². The van der Waals surface area contributed by atoms with Gasteiger partial charge in [-0.2, -0.15) is 0 Å². The van der Waals surface area contributed by atoms with Gasteiger partial charge in [-0.15, -0.1) is 0 Å². The highest BCUT2D eigenvalue weighted by molar-refractivity contribution is 6.30. The fourth-order valence-electron chi connectivity index (χ4n) is 2.80. The maximum atomic E-state index is 6.13. The molecule has 108 valence electrons. The van der Waals surface area contributed by atoms with Gasteiger partial charge in [0.15, 0.2) is 0 Å². The van der Waals surface area contributed by atoms with Gasteiger partial charge in [-0.3, -0.25) is 0 Å². The molecule has 0 amide bonds. The van der Waals surface area contributed by atoms with E-state index in [4.69, 9.17) is 22.3 Å². The van der Waals surface area contributed by atoms with Crippen LogP contribution in [0.4, 0.5) is 0 Å². The maximum absolute atomic E-state index is 6.13. The Balaban J connectivity index is 2.21. The van der Waals surface area contributed by atoms with Crippen molar-refractivity contribution in [3.63, 3.8) is 0 Å². The van der Waals surface area contributed by atoms with E-state index in [0.717, 1.165) is 33.9 Å². The molecule has 3 aromatic rings. The van der Waals surface area contributed by atoms with Crippen LogP contribution in [0.2, 0.25) is 5.02 Å². The van der Waals surface area contributed by atoms with Crippen LogP contribution in [-0.2, 0) is 6.42 Å². The van der Waals surface area contributed by atoms with Crippen molar-refractivity contribution in [2.24, 2.45) is 5.73 Å². The van der Waals surface area contributed by atoms with E-state index in [1.807, 2.05) is 36.4 Å². The molecule has 4 heteroatoms. The lowest BCUT2D eigenvalue weighted by atomic mass is 10.1. The molecule has 1 aromatic heterocycles. The molecule has 3 nitrogen and oxygen atoms in total. The van der Waals surface area contributed by atoms with Crippen LogP contribution < -0.4 is 5.73 Å². The molecule has 1 atom stereocenters. The highest BCUT2D eigenvalue weighted by atomic mass is 35.5. The second-order valence-electron chi connectivity index (χ2n) is 5.05. The van der Waals surface area contributed by atoms with Crippen LogP contribution in [0.15, 0.2) is 48.5 Å². The average Bonchev–Trinajstić information content (AvgIpc) is 2.87. The molecule has 0 saturated heterocycles. The monoisotopic (exact) mass is 299 g/mol. The number of benzene rings is 2. The van der Waals surface area contributed by atoms with E-state index in [-0.39, 0.29) is 6.04 Å². The summed E-state index contributed by atoms with van der Waals surface area (Å²) in [6.07, 6.45) is 0.867. The predicted molar refractivity (Wildman–Crippen MR) is 87.8 cm³/mol. The van der Waals surface area contributed by atoms with Crippen molar-refractivity contribution in [1.29, 1.82) is 0 Å². The smallest absolute Gasteiger partial charge is 0.110 e. The number of rotatable bonds is 4. The Morgan fingerprint density at radius 3 is 2.71 bits per heavy atom. The second kappa shape index (κ2) is 5.88. The minimum Gasteiger partial charge on any atom is -0.328 e. The topological polar surface area (TPSA) is 43.8 Å². The van der Waals surface area contributed by atoms with Crippen LogP contribution in [0.3, 0.4) is 0 Å². The van der Waals surface area contributed by atoms with Gasteiger partial charge >= 0.3 is 0 Å². The first-order valence-corrected chi connectivity index (χ1v) is 7.53. The van der Waals surface area contributed by atoms with E-state index in [0.29, 0.717) is 6.54 Å². The van der Waals surface area contributed by atoms with E-state index < -0.39 is 0 Å². The van der Waals surface area contributed by atoms with Crippen LogP contribution in [0.1, 0.15) is 24.4 Å². The van der Waals surface area contributed by atoms with Gasteiger partial charge in [-0.1, -0.05) is 42.8 Å². The molecule has 0 fully saturated rings. The van der Waals surface area contributed by atoms with Crippen LogP contribution in [-0.4, -0.2) is 16.1 Å². The lowest BCUT2D eigenvalue weighted by Gasteiger charge is -2.21. The molecule has 0 radical (unpaired) electrons. The minimum atomic E-state index is 0.0473. The third-order valence-electron chi connectivity index (χ3n) is 3.75. The lowest BCUT2D eigenvalue weighted by molar-refractivity contribution is 0.584. The summed E-state index contributed by atoms with van der Waals surface area (Å²) in [7, 11) is 0. The minimum absolute atomic E-state index is 0.0473. The zero-order valence-corrected chi connectivity index (χ0v) is 12.7. The Morgan fingerprint density at radius 1 is 1.19 bits per heavy atom. The first-order valence-electron chi connectivity index (χ1n) is 7.16. The number of imidazole rings is 1. The summed E-state index contributed by atoms with van der Waals surface area (Å²) in [4.78, 5) is 4.72. The zero-order chi connectivity index (χ0) is 14.8. The number of aromatic nitrogens is 2. The summed E-state index contributed by atoms with van der Waals surface area (Å²) in [5.41, 5.74) is 9.31. The Bertz CT molecular complexity index is 764. The van der Waals surface area contributed by atoms with E-state index in [1.165, 1.54) is 0 Å². The Labute approximate surface area is 129 Å². The Morgan fingerprint density at radius 2 is 2.00 bits per heavy atom. The number of halogens is 1. The summed E-state index contributed by atoms with van der Waals surface area (Å²) in [6, 6.07) is 16.1. The second-order valence-corrected chi connectivity index (χ2v) is 5.48. The molecule has 0 aliphatic rings. The lowest BCUT2D eigenvalue weighted by Crippen LogP contribution is -2.22. The summed E-state index contributed by atoms with van der Waals surface area (Å²) < 4.78 is 2.24. The largest absolute Gasteiger partial charge is 0.328 e. The van der Waals surface area contributed by atoms with Gasteiger partial charge in [-0.05, 0) is 29.8 Å². The van der Waals surface area contributed by atoms with Crippen molar-refractivity contribution in [2.45, 2.75) is 19.4 Å². The molecule has 2 aromatic carbocycles. The number of para-hydroxylation sites is 2. The molecular weight excluding hydrogens is 282 g/mol. The van der Waals surface area contributed by atoms with Crippen molar-refractivity contribution in [2.75, 3.05) is 6.54 Å². The number of nitrogens with two attached hydrogens (primary N) is 1. The summed E-state index contributed by atoms with van der Waals surface area (Å²) in [6.45, 7) is 2.62. The number of hydrogen-bond acceptors (Lipinski definition) is 2. The molecule has 1 unspecified atom stereocenters. The average molecular weight is 300 g/mol. The maximum Gasteiger partial charge on any atom is 0.110 e. The highest BCUT2D eigenvalue weighted by Crippen LogP contribution is 2.27. The number of fused-ring (bicyclic) bond motifs is 1. The first kappa shape index (κ1) is 14.1. The highest BCUT2D eigenvalue weighted by Gasteiger charge is 2.18. The van der Waals surface area contributed by atoms with E-state index in [1.54, 1.807) is 0 Å².